The van der Waals surface area contributed by atoms with E-state index in [0.29, 0.717) is 6.54 Å². The molecule has 2 N–H and O–H groups in total. The maximum absolute atomic E-state index is 12.1. The summed E-state index contributed by atoms with van der Waals surface area (Å²) in [6, 6.07) is 7.54. The Hall–Kier alpha value is -1.46. The van der Waals surface area contributed by atoms with Gasteiger partial charge in [-0.1, -0.05) is 26.0 Å². The summed E-state index contributed by atoms with van der Waals surface area (Å²) < 4.78 is 1.14. The molecule has 1 amide bonds. The minimum absolute atomic E-state index is 0.0331. The fraction of sp³-hybridized carbons (Fsp3) is 0.429. The fourth-order valence-corrected chi connectivity index (χ4v) is 2.83. The summed E-state index contributed by atoms with van der Waals surface area (Å²) in [5, 5.41) is 0.938. The normalized spacial score (nSPS) is 12.9. The summed E-state index contributed by atoms with van der Waals surface area (Å²) in [5.74, 6) is 0.111. The lowest BCUT2D eigenvalue weighted by atomic mass is 10.0. The van der Waals surface area contributed by atoms with Crippen LogP contribution in [-0.4, -0.2) is 28.9 Å². The van der Waals surface area contributed by atoms with Crippen LogP contribution in [-0.2, 0) is 11.3 Å². The van der Waals surface area contributed by atoms with Crippen molar-refractivity contribution in [3.8, 4) is 0 Å². The highest BCUT2D eigenvalue weighted by atomic mass is 32.1. The highest BCUT2D eigenvalue weighted by molar-refractivity contribution is 7.18. The molecule has 2 rings (SSSR count). The third-order valence-electron chi connectivity index (χ3n) is 3.09. The van der Waals surface area contributed by atoms with Gasteiger partial charge in [0.25, 0.3) is 0 Å². The van der Waals surface area contributed by atoms with Gasteiger partial charge in [-0.2, -0.15) is 0 Å². The molecule has 1 aromatic carbocycles. The highest BCUT2D eigenvalue weighted by Crippen LogP contribution is 2.22. The van der Waals surface area contributed by atoms with Crippen LogP contribution in [0, 0.1) is 5.92 Å². The Morgan fingerprint density at radius 2 is 2.11 bits per heavy atom. The number of fused-ring (bicyclic) bond motifs is 1. The number of para-hydroxylation sites is 1. The second-order valence-corrected chi connectivity index (χ2v) is 6.15. The number of carbonyl (C=O) groups excluding carboxylic acids is 1. The Bertz CT molecular complexity index is 546. The number of thiazole rings is 1. The molecule has 1 aromatic heterocycles. The molecule has 0 saturated heterocycles. The van der Waals surface area contributed by atoms with Crippen LogP contribution >= 0.6 is 11.3 Å². The van der Waals surface area contributed by atoms with Gasteiger partial charge in [-0.25, -0.2) is 4.98 Å². The van der Waals surface area contributed by atoms with Gasteiger partial charge in [-0.3, -0.25) is 4.79 Å². The minimum Gasteiger partial charge on any atom is -0.338 e. The number of aromatic nitrogens is 1. The summed E-state index contributed by atoms with van der Waals surface area (Å²) in [5.41, 5.74) is 6.86. The van der Waals surface area contributed by atoms with Crippen molar-refractivity contribution < 1.29 is 4.79 Å². The predicted molar refractivity (Wildman–Crippen MR) is 78.9 cm³/mol. The molecule has 0 aliphatic heterocycles. The number of hydrogen-bond acceptors (Lipinski definition) is 4. The number of nitrogens with zero attached hydrogens (tertiary/aromatic N) is 2. The molecule has 1 atom stereocenters. The van der Waals surface area contributed by atoms with Crippen molar-refractivity contribution in [2.75, 3.05) is 7.05 Å². The van der Waals surface area contributed by atoms with Gasteiger partial charge in [0.1, 0.15) is 5.01 Å². The van der Waals surface area contributed by atoms with Crippen molar-refractivity contribution in [3.05, 3.63) is 29.3 Å². The number of carbonyl (C=O) groups is 1. The Balaban J connectivity index is 2.10. The second-order valence-electron chi connectivity index (χ2n) is 5.04. The number of nitrogens with two attached hydrogens (primary N) is 1. The van der Waals surface area contributed by atoms with Crippen LogP contribution in [0.1, 0.15) is 18.9 Å². The first kappa shape index (κ1) is 14.0. The molecule has 0 radical (unpaired) electrons. The van der Waals surface area contributed by atoms with Crippen LogP contribution in [0.3, 0.4) is 0 Å². The molecule has 102 valence electrons. The summed E-state index contributed by atoms with van der Waals surface area (Å²) in [4.78, 5) is 18.3. The van der Waals surface area contributed by atoms with E-state index in [0.717, 1.165) is 15.2 Å². The standard InChI is InChI=1S/C14H19N3OS/c1-9(2)13(15)14(18)17(3)8-12-16-10-6-4-5-7-11(10)19-12/h4-7,9,13H,8,15H2,1-3H3/t13-/m0/s1. The Kier molecular flexibility index (Phi) is 4.17. The monoisotopic (exact) mass is 277 g/mol. The minimum atomic E-state index is -0.445. The third kappa shape index (κ3) is 3.11. The van der Waals surface area contributed by atoms with Gasteiger partial charge >= 0.3 is 0 Å². The lowest BCUT2D eigenvalue weighted by Crippen LogP contribution is -2.44. The summed E-state index contributed by atoms with van der Waals surface area (Å²) in [6.07, 6.45) is 0. The average molecular weight is 277 g/mol. The van der Waals surface area contributed by atoms with E-state index in [1.54, 1.807) is 23.3 Å². The second kappa shape index (κ2) is 5.67. The molecule has 0 saturated carbocycles. The van der Waals surface area contributed by atoms with Crippen LogP contribution in [0.25, 0.3) is 10.2 Å². The zero-order valence-corrected chi connectivity index (χ0v) is 12.3. The summed E-state index contributed by atoms with van der Waals surface area (Å²) in [6.45, 7) is 4.42. The fourth-order valence-electron chi connectivity index (χ4n) is 1.81. The number of benzene rings is 1. The average Bonchev–Trinajstić information content (AvgIpc) is 2.78. The summed E-state index contributed by atoms with van der Waals surface area (Å²) in [7, 11) is 1.77. The van der Waals surface area contributed by atoms with Crippen molar-refractivity contribution >= 4 is 27.5 Å². The van der Waals surface area contributed by atoms with E-state index in [1.165, 1.54) is 0 Å². The summed E-state index contributed by atoms with van der Waals surface area (Å²) >= 11 is 1.62. The van der Waals surface area contributed by atoms with Crippen LogP contribution in [0.4, 0.5) is 0 Å². The van der Waals surface area contributed by atoms with E-state index in [2.05, 4.69) is 4.98 Å². The van der Waals surface area contributed by atoms with Crippen LogP contribution in [0.15, 0.2) is 24.3 Å². The molecule has 5 heteroatoms. The lowest BCUT2D eigenvalue weighted by Gasteiger charge is -2.22. The molecule has 2 aromatic rings. The first-order valence-electron chi connectivity index (χ1n) is 6.34. The van der Waals surface area contributed by atoms with E-state index >= 15 is 0 Å². The van der Waals surface area contributed by atoms with Gasteiger partial charge < -0.3 is 10.6 Å². The SMILES string of the molecule is CC(C)[C@H](N)C(=O)N(C)Cc1nc2ccccc2s1. The van der Waals surface area contributed by atoms with Crippen LogP contribution in [0.2, 0.25) is 0 Å². The maximum atomic E-state index is 12.1. The first-order valence-corrected chi connectivity index (χ1v) is 7.15. The van der Waals surface area contributed by atoms with Crippen LogP contribution in [0.5, 0.6) is 0 Å². The van der Waals surface area contributed by atoms with E-state index in [4.69, 9.17) is 5.73 Å². The maximum Gasteiger partial charge on any atom is 0.239 e. The quantitative estimate of drug-likeness (QED) is 0.932. The topological polar surface area (TPSA) is 59.2 Å². The zero-order valence-electron chi connectivity index (χ0n) is 11.5. The Morgan fingerprint density at radius 1 is 1.42 bits per heavy atom. The molecule has 1 heterocycles. The lowest BCUT2D eigenvalue weighted by molar-refractivity contribution is -0.132. The Morgan fingerprint density at radius 3 is 2.74 bits per heavy atom. The third-order valence-corrected chi connectivity index (χ3v) is 4.11. The molecule has 0 fully saturated rings. The van der Waals surface area contributed by atoms with Crippen molar-refractivity contribution in [1.82, 2.24) is 9.88 Å². The van der Waals surface area contributed by atoms with Crippen LogP contribution < -0.4 is 5.73 Å². The molecule has 19 heavy (non-hydrogen) atoms. The van der Waals surface area contributed by atoms with Crippen molar-refractivity contribution in [3.63, 3.8) is 0 Å². The van der Waals surface area contributed by atoms with Crippen molar-refractivity contribution in [1.29, 1.82) is 0 Å². The van der Waals surface area contributed by atoms with E-state index < -0.39 is 6.04 Å². The van der Waals surface area contributed by atoms with Gasteiger partial charge in [-0.05, 0) is 18.1 Å². The Labute approximate surface area is 117 Å². The molecule has 0 aliphatic carbocycles. The largest absolute Gasteiger partial charge is 0.338 e. The van der Waals surface area contributed by atoms with E-state index in [9.17, 15) is 4.79 Å². The van der Waals surface area contributed by atoms with E-state index in [-0.39, 0.29) is 11.8 Å². The van der Waals surface area contributed by atoms with Crippen molar-refractivity contribution in [2.45, 2.75) is 26.4 Å². The number of hydrogen-bond donors (Lipinski definition) is 1. The smallest absolute Gasteiger partial charge is 0.239 e. The van der Waals surface area contributed by atoms with Gasteiger partial charge in [0, 0.05) is 7.05 Å². The van der Waals surface area contributed by atoms with Gasteiger partial charge in [0.2, 0.25) is 5.91 Å². The highest BCUT2D eigenvalue weighted by Gasteiger charge is 2.21. The molecule has 4 nitrogen and oxygen atoms in total. The van der Waals surface area contributed by atoms with E-state index in [1.807, 2.05) is 38.1 Å². The molecule has 0 spiro atoms. The molecular weight excluding hydrogens is 258 g/mol. The van der Waals surface area contributed by atoms with Gasteiger partial charge in [0.15, 0.2) is 0 Å². The number of rotatable bonds is 4. The molecular formula is C14H19N3OS. The van der Waals surface area contributed by atoms with Gasteiger partial charge in [-0.15, -0.1) is 11.3 Å². The predicted octanol–water partition coefficient (Wildman–Crippen LogP) is 2.24. The number of likely N-dealkylation sites (N-methyl/N-ethyl adjacent to an activating group) is 1. The molecule has 0 bridgehead atoms. The zero-order chi connectivity index (χ0) is 14.0. The molecule has 0 unspecified atom stereocenters. The molecule has 0 aliphatic rings. The number of amides is 1. The van der Waals surface area contributed by atoms with Crippen molar-refractivity contribution in [2.24, 2.45) is 11.7 Å². The van der Waals surface area contributed by atoms with Gasteiger partial charge in [0.05, 0.1) is 22.8 Å². The first-order chi connectivity index (χ1) is 8.99.